The van der Waals surface area contributed by atoms with Crippen LogP contribution in [-0.2, 0) is 4.79 Å². The highest BCUT2D eigenvalue weighted by Crippen LogP contribution is 2.22. The number of hydrogen-bond acceptors (Lipinski definition) is 3. The molecule has 1 amide bonds. The summed E-state index contributed by atoms with van der Waals surface area (Å²) in [6, 6.07) is 0. The quantitative estimate of drug-likeness (QED) is 0.740. The van der Waals surface area contributed by atoms with E-state index in [1.54, 1.807) is 0 Å². The van der Waals surface area contributed by atoms with E-state index < -0.39 is 5.60 Å². The Hall–Kier alpha value is -0.610. The van der Waals surface area contributed by atoms with Crippen molar-refractivity contribution in [3.8, 4) is 0 Å². The van der Waals surface area contributed by atoms with Gasteiger partial charge in [0, 0.05) is 12.5 Å². The molecule has 0 bridgehead atoms. The number of piperidine rings is 1. The highest BCUT2D eigenvalue weighted by Gasteiger charge is 2.30. The van der Waals surface area contributed by atoms with E-state index >= 15 is 0 Å². The molecule has 0 aromatic carbocycles. The number of nitrogens with zero attached hydrogens (tertiary/aromatic N) is 1. The number of aliphatic hydroxyl groups is 1. The van der Waals surface area contributed by atoms with Crippen molar-refractivity contribution in [2.24, 2.45) is 17.6 Å². The molecule has 4 heteroatoms. The largest absolute Gasteiger partial charge is 0.389 e. The van der Waals surface area contributed by atoms with E-state index in [4.69, 9.17) is 5.73 Å². The number of carbonyl (C=O) groups is 1. The number of rotatable bonds is 4. The molecule has 0 radical (unpaired) electrons. The first-order chi connectivity index (χ1) is 7.33. The van der Waals surface area contributed by atoms with Gasteiger partial charge in [0.25, 0.3) is 0 Å². The van der Waals surface area contributed by atoms with Crippen LogP contribution in [-0.4, -0.2) is 41.1 Å². The van der Waals surface area contributed by atoms with Gasteiger partial charge < -0.3 is 15.7 Å². The zero-order chi connectivity index (χ0) is 12.3. The minimum absolute atomic E-state index is 0.0280. The van der Waals surface area contributed by atoms with Crippen LogP contribution in [0.25, 0.3) is 0 Å². The minimum Gasteiger partial charge on any atom is -0.389 e. The van der Waals surface area contributed by atoms with Crippen molar-refractivity contribution in [2.75, 3.05) is 19.6 Å². The van der Waals surface area contributed by atoms with E-state index in [0.717, 1.165) is 25.9 Å². The topological polar surface area (TPSA) is 66.6 Å². The van der Waals surface area contributed by atoms with Crippen molar-refractivity contribution in [2.45, 2.75) is 39.2 Å². The van der Waals surface area contributed by atoms with E-state index in [-0.39, 0.29) is 17.7 Å². The van der Waals surface area contributed by atoms with Crippen LogP contribution in [0.3, 0.4) is 0 Å². The Balaban J connectivity index is 2.40. The summed E-state index contributed by atoms with van der Waals surface area (Å²) in [6.07, 6.45) is 1.65. The number of amides is 1. The Morgan fingerprint density at radius 3 is 2.38 bits per heavy atom. The molecule has 0 aliphatic carbocycles. The van der Waals surface area contributed by atoms with Gasteiger partial charge in [-0.3, -0.25) is 4.79 Å². The molecule has 94 valence electrons. The van der Waals surface area contributed by atoms with Gasteiger partial charge in [-0.1, -0.05) is 13.8 Å². The second kappa shape index (κ2) is 5.15. The fourth-order valence-corrected chi connectivity index (χ4v) is 2.01. The van der Waals surface area contributed by atoms with Gasteiger partial charge in [0.05, 0.1) is 5.60 Å². The van der Waals surface area contributed by atoms with Gasteiger partial charge in [-0.2, -0.15) is 0 Å². The average Bonchev–Trinajstić information content (AvgIpc) is 2.17. The van der Waals surface area contributed by atoms with Crippen molar-refractivity contribution in [3.05, 3.63) is 0 Å². The van der Waals surface area contributed by atoms with E-state index in [1.807, 2.05) is 20.8 Å². The molecule has 1 fully saturated rings. The lowest BCUT2D eigenvalue weighted by Crippen LogP contribution is -2.48. The molecular formula is C12H24N2O2. The summed E-state index contributed by atoms with van der Waals surface area (Å²) in [5.41, 5.74) is 4.63. The molecule has 1 aliphatic heterocycles. The van der Waals surface area contributed by atoms with Crippen LogP contribution < -0.4 is 5.73 Å². The maximum atomic E-state index is 11.0. The molecule has 0 aromatic heterocycles. The average molecular weight is 228 g/mol. The summed E-state index contributed by atoms with van der Waals surface area (Å²) in [5, 5.41) is 10.2. The lowest BCUT2D eigenvalue weighted by atomic mass is 9.90. The molecule has 16 heavy (non-hydrogen) atoms. The van der Waals surface area contributed by atoms with Crippen molar-refractivity contribution in [1.82, 2.24) is 4.90 Å². The highest BCUT2D eigenvalue weighted by atomic mass is 16.3. The van der Waals surface area contributed by atoms with E-state index in [0.29, 0.717) is 6.54 Å². The fourth-order valence-electron chi connectivity index (χ4n) is 2.01. The van der Waals surface area contributed by atoms with Gasteiger partial charge in [0.2, 0.25) is 5.91 Å². The van der Waals surface area contributed by atoms with Crippen molar-refractivity contribution in [3.63, 3.8) is 0 Å². The van der Waals surface area contributed by atoms with Crippen LogP contribution in [0.1, 0.15) is 33.6 Å². The number of hydrogen-bond donors (Lipinski definition) is 2. The smallest absolute Gasteiger partial charge is 0.220 e. The molecular weight excluding hydrogens is 204 g/mol. The Kier molecular flexibility index (Phi) is 4.33. The number of primary amides is 1. The number of carbonyl (C=O) groups excluding carboxylic acids is 1. The maximum absolute atomic E-state index is 11.0. The van der Waals surface area contributed by atoms with Crippen molar-refractivity contribution < 1.29 is 9.90 Å². The van der Waals surface area contributed by atoms with Gasteiger partial charge in [0.15, 0.2) is 0 Å². The third-order valence-electron chi connectivity index (χ3n) is 3.78. The van der Waals surface area contributed by atoms with Gasteiger partial charge in [0.1, 0.15) is 0 Å². The van der Waals surface area contributed by atoms with Crippen molar-refractivity contribution >= 4 is 5.91 Å². The molecule has 1 rings (SSSR count). The first kappa shape index (κ1) is 13.5. The summed E-state index contributed by atoms with van der Waals surface area (Å²) >= 11 is 0. The Bertz CT molecular complexity index is 243. The summed E-state index contributed by atoms with van der Waals surface area (Å²) in [7, 11) is 0. The molecule has 1 heterocycles. The first-order valence-electron chi connectivity index (χ1n) is 6.07. The summed E-state index contributed by atoms with van der Waals surface area (Å²) in [4.78, 5) is 13.2. The Morgan fingerprint density at radius 2 is 2.00 bits per heavy atom. The van der Waals surface area contributed by atoms with Crippen LogP contribution in [0.5, 0.6) is 0 Å². The van der Waals surface area contributed by atoms with Crippen molar-refractivity contribution in [1.29, 1.82) is 0 Å². The zero-order valence-electron chi connectivity index (χ0n) is 10.6. The molecule has 3 N–H and O–H groups in total. The van der Waals surface area contributed by atoms with Gasteiger partial charge in [-0.05, 0) is 38.8 Å². The normalized spacial score (nSPS) is 23.3. The number of nitrogens with two attached hydrogens (primary N) is 1. The van der Waals surface area contributed by atoms with Crippen LogP contribution in [0.2, 0.25) is 0 Å². The van der Waals surface area contributed by atoms with E-state index in [2.05, 4.69) is 4.90 Å². The third-order valence-corrected chi connectivity index (χ3v) is 3.78. The number of likely N-dealkylation sites (tertiary alicyclic amines) is 1. The third kappa shape index (κ3) is 3.46. The van der Waals surface area contributed by atoms with E-state index in [9.17, 15) is 9.90 Å². The lowest BCUT2D eigenvalue weighted by molar-refractivity contribution is -0.123. The second-order valence-corrected chi connectivity index (χ2v) is 5.46. The Morgan fingerprint density at radius 1 is 1.50 bits per heavy atom. The lowest BCUT2D eigenvalue weighted by Gasteiger charge is -2.37. The monoisotopic (exact) mass is 228 g/mol. The minimum atomic E-state index is -0.653. The second-order valence-electron chi connectivity index (χ2n) is 5.46. The van der Waals surface area contributed by atoms with Crippen LogP contribution in [0.15, 0.2) is 0 Å². The molecule has 0 spiro atoms. The Labute approximate surface area is 97.8 Å². The molecule has 1 unspecified atom stereocenters. The molecule has 1 atom stereocenters. The molecule has 4 nitrogen and oxygen atoms in total. The first-order valence-corrected chi connectivity index (χ1v) is 6.07. The van der Waals surface area contributed by atoms with E-state index in [1.165, 1.54) is 0 Å². The molecule has 1 saturated heterocycles. The highest BCUT2D eigenvalue weighted by molar-refractivity contribution is 5.76. The fraction of sp³-hybridized carbons (Fsp3) is 0.917. The standard InChI is InChI=1S/C12H24N2O2/c1-9(2)12(3,16)8-14-6-4-10(5-7-14)11(13)15/h9-10,16H,4-8H2,1-3H3,(H2,13,15). The van der Waals surface area contributed by atoms with Crippen LogP contribution >= 0.6 is 0 Å². The van der Waals surface area contributed by atoms with Gasteiger partial charge in [-0.25, -0.2) is 0 Å². The van der Waals surface area contributed by atoms with Gasteiger partial charge >= 0.3 is 0 Å². The SMILES string of the molecule is CC(C)C(C)(O)CN1CCC(C(N)=O)CC1. The summed E-state index contributed by atoms with van der Waals surface area (Å²) in [5.74, 6) is 0.0804. The molecule has 1 aliphatic rings. The molecule has 0 aromatic rings. The van der Waals surface area contributed by atoms with Crippen LogP contribution in [0, 0.1) is 11.8 Å². The molecule has 0 saturated carbocycles. The van der Waals surface area contributed by atoms with Gasteiger partial charge in [-0.15, -0.1) is 0 Å². The maximum Gasteiger partial charge on any atom is 0.220 e. The summed E-state index contributed by atoms with van der Waals surface area (Å²) in [6.45, 7) is 8.31. The predicted octanol–water partition coefficient (Wildman–Crippen LogP) is 0.591. The predicted molar refractivity (Wildman–Crippen MR) is 63.8 cm³/mol. The zero-order valence-corrected chi connectivity index (χ0v) is 10.6. The summed E-state index contributed by atoms with van der Waals surface area (Å²) < 4.78 is 0. The number of β-amino-alcohol motifs (C(OH)–C–C–N with tert-alkyl or cyclic N) is 1. The van der Waals surface area contributed by atoms with Crippen LogP contribution in [0.4, 0.5) is 0 Å².